The Hall–Kier alpha value is -4.19. The molecule has 0 bridgehead atoms. The van der Waals surface area contributed by atoms with Crippen LogP contribution in [-0.2, 0) is 6.42 Å². The number of amides is 1. The summed E-state index contributed by atoms with van der Waals surface area (Å²) in [5, 5.41) is 14.3. The van der Waals surface area contributed by atoms with Crippen LogP contribution in [0.15, 0.2) is 72.8 Å². The van der Waals surface area contributed by atoms with Crippen molar-refractivity contribution in [2.24, 2.45) is 0 Å². The third kappa shape index (κ3) is 3.91. The highest BCUT2D eigenvalue weighted by Crippen LogP contribution is 2.28. The normalized spacial score (nSPS) is 11.1. The minimum Gasteiger partial charge on any atom is -0.496 e. The Morgan fingerprint density at radius 1 is 0.939 bits per heavy atom. The van der Waals surface area contributed by atoms with Gasteiger partial charge in [0.15, 0.2) is 0 Å². The number of rotatable bonds is 5. The summed E-state index contributed by atoms with van der Waals surface area (Å²) in [6.45, 7) is 4.07. The molecule has 6 heteroatoms. The van der Waals surface area contributed by atoms with Gasteiger partial charge >= 0.3 is 0 Å². The number of aromatic nitrogens is 3. The van der Waals surface area contributed by atoms with Gasteiger partial charge in [0.05, 0.1) is 18.4 Å². The molecule has 0 saturated heterocycles. The monoisotopic (exact) mass is 436 g/mol. The van der Waals surface area contributed by atoms with Crippen LogP contribution in [-0.4, -0.2) is 28.0 Å². The zero-order valence-electron chi connectivity index (χ0n) is 18.8. The van der Waals surface area contributed by atoms with E-state index < -0.39 is 0 Å². The number of fused-ring (bicyclic) bond motifs is 2. The molecule has 0 aliphatic heterocycles. The molecule has 1 N–H and O–H groups in total. The Bertz CT molecular complexity index is 1490. The van der Waals surface area contributed by atoms with Gasteiger partial charge in [-0.05, 0) is 71.6 Å². The van der Waals surface area contributed by atoms with Gasteiger partial charge in [0, 0.05) is 5.69 Å². The fourth-order valence-corrected chi connectivity index (χ4v) is 3.94. The second-order valence-electron chi connectivity index (χ2n) is 8.02. The fourth-order valence-electron chi connectivity index (χ4n) is 3.94. The number of nitrogens with zero attached hydrogens (tertiary/aromatic N) is 3. The average Bonchev–Trinajstić information content (AvgIpc) is 3.26. The Kier molecular flexibility index (Phi) is 5.26. The number of ether oxygens (including phenoxy) is 1. The quantitative estimate of drug-likeness (QED) is 0.383. The van der Waals surface area contributed by atoms with Crippen LogP contribution >= 0.6 is 0 Å². The average molecular weight is 437 g/mol. The van der Waals surface area contributed by atoms with Gasteiger partial charge in [0.25, 0.3) is 5.91 Å². The van der Waals surface area contributed by atoms with E-state index in [-0.39, 0.29) is 5.91 Å². The van der Waals surface area contributed by atoms with Gasteiger partial charge in [-0.2, -0.15) is 4.80 Å². The molecule has 0 aliphatic carbocycles. The molecule has 0 aliphatic rings. The van der Waals surface area contributed by atoms with Crippen molar-refractivity contribution in [1.29, 1.82) is 0 Å². The lowest BCUT2D eigenvalue weighted by atomic mass is 10.0. The number of nitrogens with one attached hydrogen (secondary N) is 1. The van der Waals surface area contributed by atoms with E-state index >= 15 is 0 Å². The summed E-state index contributed by atoms with van der Waals surface area (Å²) >= 11 is 0. The Labute approximate surface area is 191 Å². The zero-order chi connectivity index (χ0) is 22.9. The number of methoxy groups -OCH3 is 1. The third-order valence-electron chi connectivity index (χ3n) is 5.86. The van der Waals surface area contributed by atoms with E-state index in [0.717, 1.165) is 34.0 Å². The minimum atomic E-state index is -0.234. The summed E-state index contributed by atoms with van der Waals surface area (Å²) in [4.78, 5) is 14.8. The lowest BCUT2D eigenvalue weighted by Crippen LogP contribution is -2.14. The zero-order valence-corrected chi connectivity index (χ0v) is 18.8. The van der Waals surface area contributed by atoms with Crippen molar-refractivity contribution in [1.82, 2.24) is 15.0 Å². The van der Waals surface area contributed by atoms with Crippen molar-refractivity contribution in [3.05, 3.63) is 89.5 Å². The van der Waals surface area contributed by atoms with Crippen LogP contribution in [0.1, 0.15) is 28.4 Å². The van der Waals surface area contributed by atoms with E-state index in [1.54, 1.807) is 11.9 Å². The predicted octanol–water partition coefficient (Wildman–Crippen LogP) is 5.71. The van der Waals surface area contributed by atoms with Crippen molar-refractivity contribution in [3.63, 3.8) is 0 Å². The number of aryl methyl sites for hydroxylation is 2. The highest BCUT2D eigenvalue weighted by molar-refractivity contribution is 6.09. The van der Waals surface area contributed by atoms with Crippen molar-refractivity contribution in [3.8, 4) is 11.4 Å². The van der Waals surface area contributed by atoms with E-state index in [1.807, 2.05) is 67.6 Å². The second kappa shape index (κ2) is 8.39. The maximum atomic E-state index is 13.2. The highest BCUT2D eigenvalue weighted by Gasteiger charge is 2.16. The molecule has 6 nitrogen and oxygen atoms in total. The van der Waals surface area contributed by atoms with Crippen LogP contribution in [0.4, 0.5) is 5.69 Å². The first kappa shape index (κ1) is 20.7. The van der Waals surface area contributed by atoms with Gasteiger partial charge < -0.3 is 10.1 Å². The van der Waals surface area contributed by atoms with Crippen LogP contribution in [0.2, 0.25) is 0 Å². The van der Waals surface area contributed by atoms with E-state index in [1.165, 1.54) is 5.56 Å². The summed E-state index contributed by atoms with van der Waals surface area (Å²) in [7, 11) is 1.57. The molecule has 0 spiro atoms. The molecule has 5 rings (SSSR count). The number of anilines is 1. The van der Waals surface area contributed by atoms with E-state index in [0.29, 0.717) is 22.5 Å². The molecule has 0 unspecified atom stereocenters. The van der Waals surface area contributed by atoms with Crippen molar-refractivity contribution in [2.75, 3.05) is 12.4 Å². The molecule has 0 saturated carbocycles. The number of benzene rings is 4. The number of carbonyl (C=O) groups excluding carboxylic acids is 1. The number of hydrogen-bond acceptors (Lipinski definition) is 4. The van der Waals surface area contributed by atoms with Gasteiger partial charge in [-0.1, -0.05) is 43.3 Å². The van der Waals surface area contributed by atoms with Crippen molar-refractivity contribution < 1.29 is 9.53 Å². The molecule has 0 fully saturated rings. The summed E-state index contributed by atoms with van der Waals surface area (Å²) in [5.74, 6) is 0.300. The van der Waals surface area contributed by atoms with E-state index in [9.17, 15) is 4.79 Å². The molecule has 0 atom stereocenters. The Balaban J connectivity index is 1.48. The summed E-state index contributed by atoms with van der Waals surface area (Å²) < 4.78 is 5.50. The fraction of sp³-hybridized carbons (Fsp3) is 0.148. The molecular formula is C27H24N4O2. The first-order valence-electron chi connectivity index (χ1n) is 10.9. The van der Waals surface area contributed by atoms with Crippen LogP contribution < -0.4 is 10.1 Å². The first-order chi connectivity index (χ1) is 16.1. The molecule has 5 aromatic rings. The Morgan fingerprint density at radius 3 is 2.27 bits per heavy atom. The maximum absolute atomic E-state index is 13.2. The largest absolute Gasteiger partial charge is 0.496 e. The maximum Gasteiger partial charge on any atom is 0.259 e. The smallest absolute Gasteiger partial charge is 0.259 e. The minimum absolute atomic E-state index is 0.234. The van der Waals surface area contributed by atoms with E-state index in [4.69, 9.17) is 4.74 Å². The van der Waals surface area contributed by atoms with Crippen LogP contribution in [0.5, 0.6) is 5.75 Å². The van der Waals surface area contributed by atoms with Crippen molar-refractivity contribution >= 4 is 33.4 Å². The van der Waals surface area contributed by atoms with Gasteiger partial charge in [-0.15, -0.1) is 10.2 Å². The second-order valence-corrected chi connectivity index (χ2v) is 8.02. The predicted molar refractivity (Wildman–Crippen MR) is 131 cm³/mol. The molecule has 0 radical (unpaired) electrons. The van der Waals surface area contributed by atoms with Gasteiger partial charge in [0.2, 0.25) is 0 Å². The lowest BCUT2D eigenvalue weighted by molar-refractivity contribution is 0.102. The Morgan fingerprint density at radius 2 is 1.61 bits per heavy atom. The molecule has 33 heavy (non-hydrogen) atoms. The SMILES string of the molecule is CCc1ccc(-n2nc3cc(C)c(NC(=O)c4cc5ccccc5cc4OC)cc3n2)cc1. The molecular weight excluding hydrogens is 412 g/mol. The summed E-state index contributed by atoms with van der Waals surface area (Å²) in [6, 6.07) is 23.6. The lowest BCUT2D eigenvalue weighted by Gasteiger charge is -2.12. The molecule has 4 aromatic carbocycles. The van der Waals surface area contributed by atoms with E-state index in [2.05, 4.69) is 34.6 Å². The standard InChI is InChI=1S/C27H24N4O2/c1-4-18-9-11-21(12-10-18)31-29-24-13-17(2)23(16-25(24)30-31)28-27(32)22-14-19-7-5-6-8-20(19)15-26(22)33-3/h5-16H,4H2,1-3H3,(H,28,32). The van der Waals surface area contributed by atoms with Crippen LogP contribution in [0, 0.1) is 6.92 Å². The molecule has 1 aromatic heterocycles. The summed E-state index contributed by atoms with van der Waals surface area (Å²) in [5.41, 5.74) is 5.72. The van der Waals surface area contributed by atoms with Gasteiger partial charge in [0.1, 0.15) is 16.8 Å². The first-order valence-corrected chi connectivity index (χ1v) is 10.9. The van der Waals surface area contributed by atoms with Crippen LogP contribution in [0.25, 0.3) is 27.5 Å². The number of carbonyl (C=O) groups is 1. The topological polar surface area (TPSA) is 69.0 Å². The third-order valence-corrected chi connectivity index (χ3v) is 5.86. The summed E-state index contributed by atoms with van der Waals surface area (Å²) in [6.07, 6.45) is 0.985. The molecule has 1 heterocycles. The molecule has 1 amide bonds. The van der Waals surface area contributed by atoms with Crippen molar-refractivity contribution in [2.45, 2.75) is 20.3 Å². The van der Waals surface area contributed by atoms with Gasteiger partial charge in [-0.3, -0.25) is 4.79 Å². The van der Waals surface area contributed by atoms with Gasteiger partial charge in [-0.25, -0.2) is 0 Å². The van der Waals surface area contributed by atoms with Crippen LogP contribution in [0.3, 0.4) is 0 Å². The number of hydrogen-bond donors (Lipinski definition) is 1. The highest BCUT2D eigenvalue weighted by atomic mass is 16.5. The molecule has 164 valence electrons.